The Bertz CT molecular complexity index is 1990. The van der Waals surface area contributed by atoms with Crippen molar-refractivity contribution >= 4 is 21.9 Å². The molecule has 8 heteroatoms. The Hall–Kier alpha value is -5.21. The van der Waals surface area contributed by atoms with Crippen molar-refractivity contribution in [2.45, 2.75) is 20.0 Å². The molecular weight excluding hydrogens is 513 g/mol. The van der Waals surface area contributed by atoms with Gasteiger partial charge in [0.15, 0.2) is 0 Å². The van der Waals surface area contributed by atoms with Gasteiger partial charge in [-0.25, -0.2) is 9.37 Å². The Morgan fingerprint density at radius 1 is 0.805 bits per heavy atom. The van der Waals surface area contributed by atoms with Gasteiger partial charge in [-0.15, -0.1) is 0 Å². The second kappa shape index (κ2) is 10.4. The molecule has 2 aromatic carbocycles. The van der Waals surface area contributed by atoms with Crippen LogP contribution in [0, 0.1) is 12.7 Å². The summed E-state index contributed by atoms with van der Waals surface area (Å²) in [5.41, 5.74) is 10.3. The number of aryl methyl sites for hydroxylation is 1. The van der Waals surface area contributed by atoms with Crippen LogP contribution in [0.4, 0.5) is 4.39 Å². The smallest absolute Gasteiger partial charge is 0.135 e. The fourth-order valence-corrected chi connectivity index (χ4v) is 5.20. The molecule has 0 amide bonds. The van der Waals surface area contributed by atoms with E-state index in [4.69, 9.17) is 4.98 Å². The first-order chi connectivity index (χ1) is 20.1. The van der Waals surface area contributed by atoms with Gasteiger partial charge in [0.2, 0.25) is 0 Å². The molecule has 3 N–H and O–H groups in total. The van der Waals surface area contributed by atoms with Gasteiger partial charge in [-0.1, -0.05) is 30.3 Å². The molecule has 200 valence electrons. The quantitative estimate of drug-likeness (QED) is 0.203. The molecule has 5 heterocycles. The number of H-pyrrole nitrogens is 2. The summed E-state index contributed by atoms with van der Waals surface area (Å²) in [5, 5.41) is 12.1. The van der Waals surface area contributed by atoms with Crippen LogP contribution < -0.4 is 5.32 Å². The monoisotopic (exact) mass is 539 g/mol. The number of nitrogens with one attached hydrogen (secondary N) is 3. The molecule has 0 aliphatic carbocycles. The maximum absolute atomic E-state index is 14.2. The molecular formula is C33H26FN7. The summed E-state index contributed by atoms with van der Waals surface area (Å²) in [4.78, 5) is 17.5. The Balaban J connectivity index is 1.21. The van der Waals surface area contributed by atoms with E-state index in [0.29, 0.717) is 17.9 Å². The lowest BCUT2D eigenvalue weighted by atomic mass is 10.0. The fraction of sp³-hybridized carbons (Fsp3) is 0.0909. The number of hydrogen-bond acceptors (Lipinski definition) is 5. The largest absolute Gasteiger partial charge is 0.353 e. The van der Waals surface area contributed by atoms with E-state index in [1.54, 1.807) is 6.20 Å². The zero-order chi connectivity index (χ0) is 27.8. The van der Waals surface area contributed by atoms with Crippen molar-refractivity contribution in [3.63, 3.8) is 0 Å². The Morgan fingerprint density at radius 2 is 1.68 bits per heavy atom. The van der Waals surface area contributed by atoms with Gasteiger partial charge < -0.3 is 10.3 Å². The topological polar surface area (TPSA) is 95.2 Å². The van der Waals surface area contributed by atoms with Gasteiger partial charge in [-0.05, 0) is 72.1 Å². The number of nitrogens with zero attached hydrogens (tertiary/aromatic N) is 4. The summed E-state index contributed by atoms with van der Waals surface area (Å²) >= 11 is 0. The summed E-state index contributed by atoms with van der Waals surface area (Å²) < 4.78 is 14.2. The van der Waals surface area contributed by atoms with E-state index in [1.807, 2.05) is 67.8 Å². The molecule has 7 nitrogen and oxygen atoms in total. The van der Waals surface area contributed by atoms with Crippen LogP contribution in [0.15, 0.2) is 97.5 Å². The zero-order valence-corrected chi connectivity index (χ0v) is 22.3. The number of aromatic amines is 2. The van der Waals surface area contributed by atoms with Crippen LogP contribution in [-0.2, 0) is 13.1 Å². The van der Waals surface area contributed by atoms with E-state index in [9.17, 15) is 4.39 Å². The lowest BCUT2D eigenvalue weighted by Crippen LogP contribution is -2.12. The number of halogens is 1. The Morgan fingerprint density at radius 3 is 2.56 bits per heavy atom. The molecule has 41 heavy (non-hydrogen) atoms. The third-order valence-corrected chi connectivity index (χ3v) is 7.12. The van der Waals surface area contributed by atoms with Crippen molar-refractivity contribution in [2.24, 2.45) is 0 Å². The van der Waals surface area contributed by atoms with E-state index < -0.39 is 0 Å². The van der Waals surface area contributed by atoms with Gasteiger partial charge in [0.25, 0.3) is 0 Å². The number of aromatic nitrogens is 6. The molecule has 0 radical (unpaired) electrons. The highest BCUT2D eigenvalue weighted by atomic mass is 19.1. The summed E-state index contributed by atoms with van der Waals surface area (Å²) in [6.45, 7) is 3.36. The van der Waals surface area contributed by atoms with Crippen molar-refractivity contribution in [2.75, 3.05) is 0 Å². The molecule has 0 saturated carbocycles. The first kappa shape index (κ1) is 24.8. The van der Waals surface area contributed by atoms with Crippen molar-refractivity contribution in [1.29, 1.82) is 0 Å². The summed E-state index contributed by atoms with van der Waals surface area (Å²) in [6.07, 6.45) is 5.43. The molecule has 0 saturated heterocycles. The van der Waals surface area contributed by atoms with Crippen LogP contribution in [-0.4, -0.2) is 30.1 Å². The average Bonchev–Trinajstić information content (AvgIpc) is 3.61. The molecule has 0 atom stereocenters. The summed E-state index contributed by atoms with van der Waals surface area (Å²) in [6, 6.07) is 25.3. The van der Waals surface area contributed by atoms with Gasteiger partial charge in [-0.2, -0.15) is 5.10 Å². The van der Waals surface area contributed by atoms with Crippen LogP contribution >= 0.6 is 0 Å². The standard InChI is InChI=1S/C33H26FN7/c1-20-11-23(14-25(34)12-20)31-26-15-30(38-28(26)9-10-37-31)33-32-29(40-41-33)8-7-27(39-32)24-13-22(18-36-19-24)17-35-16-21-5-3-2-4-6-21/h2-15,18-19,35,38H,16-17H2,1H3,(H,40,41). The second-order valence-corrected chi connectivity index (χ2v) is 10.2. The summed E-state index contributed by atoms with van der Waals surface area (Å²) in [5.74, 6) is -0.282. The molecule has 0 aliphatic heterocycles. The Kier molecular flexibility index (Phi) is 6.29. The van der Waals surface area contributed by atoms with Crippen LogP contribution in [0.1, 0.15) is 16.7 Å². The van der Waals surface area contributed by atoms with Gasteiger partial charge in [0.1, 0.15) is 17.0 Å². The molecule has 7 rings (SSSR count). The third kappa shape index (κ3) is 4.97. The van der Waals surface area contributed by atoms with Crippen LogP contribution in [0.5, 0.6) is 0 Å². The zero-order valence-electron chi connectivity index (χ0n) is 22.3. The summed E-state index contributed by atoms with van der Waals surface area (Å²) in [7, 11) is 0. The minimum atomic E-state index is -0.282. The van der Waals surface area contributed by atoms with Gasteiger partial charge in [0.05, 0.1) is 22.6 Å². The fourth-order valence-electron chi connectivity index (χ4n) is 5.20. The SMILES string of the molecule is Cc1cc(F)cc(-c2nccc3[nH]c(-c4n[nH]c5ccc(-c6cncc(CNCc7ccccc7)c6)nc45)cc23)c1. The first-order valence-corrected chi connectivity index (χ1v) is 13.4. The lowest BCUT2D eigenvalue weighted by Gasteiger charge is -2.07. The molecule has 0 unspecified atom stereocenters. The third-order valence-electron chi connectivity index (χ3n) is 7.12. The van der Waals surface area contributed by atoms with Gasteiger partial charge in [-0.3, -0.25) is 15.1 Å². The van der Waals surface area contributed by atoms with E-state index in [2.05, 4.69) is 48.7 Å². The highest BCUT2D eigenvalue weighted by Crippen LogP contribution is 2.33. The van der Waals surface area contributed by atoms with E-state index >= 15 is 0 Å². The number of rotatable bonds is 7. The molecule has 0 bridgehead atoms. The number of pyridine rings is 3. The maximum Gasteiger partial charge on any atom is 0.135 e. The normalized spacial score (nSPS) is 11.5. The minimum absolute atomic E-state index is 0.282. The van der Waals surface area contributed by atoms with Crippen molar-refractivity contribution < 1.29 is 4.39 Å². The predicted octanol–water partition coefficient (Wildman–Crippen LogP) is 6.97. The average molecular weight is 540 g/mol. The van der Waals surface area contributed by atoms with Crippen LogP contribution in [0.2, 0.25) is 0 Å². The predicted molar refractivity (Wildman–Crippen MR) is 159 cm³/mol. The van der Waals surface area contributed by atoms with Crippen LogP contribution in [0.25, 0.3) is 55.8 Å². The molecule has 0 spiro atoms. The number of hydrogen-bond donors (Lipinski definition) is 3. The Labute approximate surface area is 235 Å². The van der Waals surface area contributed by atoms with Crippen molar-refractivity contribution in [1.82, 2.24) is 35.5 Å². The molecule has 5 aromatic heterocycles. The van der Waals surface area contributed by atoms with Gasteiger partial charge in [0, 0.05) is 53.7 Å². The number of fused-ring (bicyclic) bond motifs is 2. The van der Waals surface area contributed by atoms with Crippen LogP contribution in [0.3, 0.4) is 0 Å². The maximum atomic E-state index is 14.2. The van der Waals surface area contributed by atoms with E-state index in [0.717, 1.165) is 62.1 Å². The van der Waals surface area contributed by atoms with Crippen molar-refractivity contribution in [3.05, 3.63) is 120 Å². The lowest BCUT2D eigenvalue weighted by molar-refractivity contribution is 0.627. The van der Waals surface area contributed by atoms with Gasteiger partial charge >= 0.3 is 0 Å². The first-order valence-electron chi connectivity index (χ1n) is 13.4. The highest BCUT2D eigenvalue weighted by Gasteiger charge is 2.16. The van der Waals surface area contributed by atoms with E-state index in [-0.39, 0.29) is 5.82 Å². The minimum Gasteiger partial charge on any atom is -0.353 e. The van der Waals surface area contributed by atoms with Crippen molar-refractivity contribution in [3.8, 4) is 33.9 Å². The molecule has 7 aromatic rings. The number of benzene rings is 2. The van der Waals surface area contributed by atoms with E-state index in [1.165, 1.54) is 17.7 Å². The second-order valence-electron chi connectivity index (χ2n) is 10.2. The highest BCUT2D eigenvalue weighted by molar-refractivity contribution is 5.99. The molecule has 0 aliphatic rings. The molecule has 0 fully saturated rings.